The second-order valence-corrected chi connectivity index (χ2v) is 9.00. The van der Waals surface area contributed by atoms with Crippen molar-refractivity contribution in [2.24, 2.45) is 0 Å². The van der Waals surface area contributed by atoms with E-state index in [1.165, 1.54) is 10.1 Å². The van der Waals surface area contributed by atoms with E-state index in [-0.39, 0.29) is 11.5 Å². The van der Waals surface area contributed by atoms with Crippen LogP contribution in [0.1, 0.15) is 37.4 Å². The first-order valence-electron chi connectivity index (χ1n) is 10.6. The largest absolute Gasteiger partial charge is 0.478 e. The molecule has 0 atom stereocenters. The van der Waals surface area contributed by atoms with E-state index in [0.717, 1.165) is 27.5 Å². The van der Waals surface area contributed by atoms with Gasteiger partial charge in [-0.05, 0) is 87.1 Å². The molecule has 5 heteroatoms. The molecule has 5 rings (SSSR count). The van der Waals surface area contributed by atoms with Gasteiger partial charge in [-0.1, -0.05) is 42.5 Å². The predicted octanol–water partition coefficient (Wildman–Crippen LogP) is 6.27. The molecule has 0 unspecified atom stereocenters. The second kappa shape index (κ2) is 8.88. The molecule has 0 fully saturated rings. The molecule has 1 aromatic heterocycles. The van der Waals surface area contributed by atoms with Crippen LogP contribution in [-0.4, -0.2) is 17.0 Å². The van der Waals surface area contributed by atoms with E-state index in [0.29, 0.717) is 18.5 Å². The lowest BCUT2D eigenvalue weighted by Gasteiger charge is -2.09. The molecule has 5 aromatic rings. The Morgan fingerprint density at radius 1 is 0.697 bits per heavy atom. The smallest absolute Gasteiger partial charge is 0.335 e. The fourth-order valence-electron chi connectivity index (χ4n) is 3.96. The van der Waals surface area contributed by atoms with Crippen LogP contribution < -0.4 is 5.32 Å². The van der Waals surface area contributed by atoms with Crippen LogP contribution in [0.4, 0.5) is 0 Å². The van der Waals surface area contributed by atoms with E-state index in [1.54, 1.807) is 23.5 Å². The zero-order chi connectivity index (χ0) is 22.8. The van der Waals surface area contributed by atoms with Gasteiger partial charge in [0.2, 0.25) is 0 Å². The number of nitrogens with one attached hydrogen (secondary N) is 1. The summed E-state index contributed by atoms with van der Waals surface area (Å²) in [4.78, 5) is 23.8. The minimum absolute atomic E-state index is 0.100. The van der Waals surface area contributed by atoms with E-state index < -0.39 is 5.97 Å². The first-order valence-corrected chi connectivity index (χ1v) is 11.5. The fraction of sp³-hybridized carbons (Fsp3) is 0.0714. The summed E-state index contributed by atoms with van der Waals surface area (Å²) in [7, 11) is 0. The molecule has 0 bridgehead atoms. The number of amides is 1. The quantitative estimate of drug-likeness (QED) is 0.320. The van der Waals surface area contributed by atoms with Crippen molar-refractivity contribution < 1.29 is 14.7 Å². The van der Waals surface area contributed by atoms with Crippen LogP contribution in [-0.2, 0) is 13.0 Å². The van der Waals surface area contributed by atoms with Gasteiger partial charge < -0.3 is 10.4 Å². The zero-order valence-corrected chi connectivity index (χ0v) is 18.6. The third kappa shape index (κ3) is 4.64. The van der Waals surface area contributed by atoms with Crippen molar-refractivity contribution in [2.75, 3.05) is 0 Å². The van der Waals surface area contributed by atoms with Gasteiger partial charge in [0.15, 0.2) is 0 Å². The molecule has 0 radical (unpaired) electrons. The lowest BCUT2D eigenvalue weighted by molar-refractivity contribution is 0.0696. The molecule has 1 heterocycles. The third-order valence-electron chi connectivity index (χ3n) is 5.75. The van der Waals surface area contributed by atoms with Crippen LogP contribution >= 0.6 is 11.3 Å². The molecule has 2 N–H and O–H groups in total. The minimum Gasteiger partial charge on any atom is -0.478 e. The zero-order valence-electron chi connectivity index (χ0n) is 17.7. The Hall–Kier alpha value is -3.96. The van der Waals surface area contributed by atoms with Gasteiger partial charge in [0.05, 0.1) is 5.56 Å². The van der Waals surface area contributed by atoms with Crippen molar-refractivity contribution >= 4 is 44.1 Å². The number of hydrogen-bond acceptors (Lipinski definition) is 3. The molecule has 33 heavy (non-hydrogen) atoms. The van der Waals surface area contributed by atoms with Crippen molar-refractivity contribution in [3.05, 3.63) is 118 Å². The second-order valence-electron chi connectivity index (χ2n) is 8.05. The predicted molar refractivity (Wildman–Crippen MR) is 133 cm³/mol. The van der Waals surface area contributed by atoms with E-state index in [9.17, 15) is 9.59 Å². The van der Waals surface area contributed by atoms with Gasteiger partial charge in [0.1, 0.15) is 0 Å². The molecule has 162 valence electrons. The maximum absolute atomic E-state index is 12.8. The summed E-state index contributed by atoms with van der Waals surface area (Å²) in [6, 6.07) is 27.2. The highest BCUT2D eigenvalue weighted by molar-refractivity contribution is 7.17. The third-order valence-corrected chi connectivity index (χ3v) is 6.64. The van der Waals surface area contributed by atoms with Crippen molar-refractivity contribution in [1.82, 2.24) is 5.32 Å². The van der Waals surface area contributed by atoms with Gasteiger partial charge in [0, 0.05) is 16.8 Å². The Morgan fingerprint density at radius 2 is 1.39 bits per heavy atom. The van der Waals surface area contributed by atoms with Crippen LogP contribution in [0.3, 0.4) is 0 Å². The van der Waals surface area contributed by atoms with Gasteiger partial charge in [-0.2, -0.15) is 0 Å². The van der Waals surface area contributed by atoms with Crippen molar-refractivity contribution in [3.63, 3.8) is 0 Å². The van der Waals surface area contributed by atoms with Gasteiger partial charge >= 0.3 is 5.97 Å². The summed E-state index contributed by atoms with van der Waals surface area (Å²) < 4.78 is 1.24. The molecule has 0 aliphatic rings. The number of benzene rings is 4. The fourth-order valence-corrected chi connectivity index (χ4v) is 4.73. The minimum atomic E-state index is -0.926. The number of carbonyl (C=O) groups is 2. The van der Waals surface area contributed by atoms with Gasteiger partial charge in [0.25, 0.3) is 5.91 Å². The number of carbonyl (C=O) groups excluding carboxylic acids is 1. The maximum atomic E-state index is 12.8. The number of thiophene rings is 1. The summed E-state index contributed by atoms with van der Waals surface area (Å²) in [6.07, 6.45) is 0.692. The van der Waals surface area contributed by atoms with Gasteiger partial charge in [-0.3, -0.25) is 4.79 Å². The monoisotopic (exact) mass is 451 g/mol. The first kappa shape index (κ1) is 20.9. The summed E-state index contributed by atoms with van der Waals surface area (Å²) in [5.41, 5.74) is 4.12. The molecule has 0 spiro atoms. The Morgan fingerprint density at radius 3 is 2.21 bits per heavy atom. The van der Waals surface area contributed by atoms with E-state index >= 15 is 0 Å². The highest BCUT2D eigenvalue weighted by atomic mass is 32.1. The average Bonchev–Trinajstić information content (AvgIpc) is 3.30. The Labute approximate surface area is 195 Å². The lowest BCUT2D eigenvalue weighted by atomic mass is 9.99. The summed E-state index contributed by atoms with van der Waals surface area (Å²) in [5.74, 6) is -1.03. The highest BCUT2D eigenvalue weighted by Crippen LogP contribution is 2.23. The summed E-state index contributed by atoms with van der Waals surface area (Å²) in [6.45, 7) is 0.481. The number of aromatic carboxylic acids is 1. The molecular formula is C28H21NO3S. The molecule has 4 aromatic carbocycles. The molecular weight excluding hydrogens is 430 g/mol. The van der Waals surface area contributed by atoms with Gasteiger partial charge in [-0.25, -0.2) is 4.79 Å². The normalized spacial score (nSPS) is 11.0. The standard InChI is InChI=1S/C28H21NO3S/c30-27(29-17-20-4-10-26-23(15-20)11-12-33-26)24-9-8-21-5-3-19(14-25(21)16-24)13-18-1-6-22(7-2-18)28(31)32/h1-12,14-16H,13,17H2,(H,29,30)(H,31,32). The van der Waals surface area contributed by atoms with Crippen molar-refractivity contribution in [2.45, 2.75) is 13.0 Å². The summed E-state index contributed by atoms with van der Waals surface area (Å²) in [5, 5.41) is 17.4. The number of carboxylic acid groups (broad SMARTS) is 1. The molecule has 4 nitrogen and oxygen atoms in total. The van der Waals surface area contributed by atoms with Crippen molar-refractivity contribution in [3.8, 4) is 0 Å². The van der Waals surface area contributed by atoms with Crippen LogP contribution in [0.5, 0.6) is 0 Å². The van der Waals surface area contributed by atoms with Crippen LogP contribution in [0.25, 0.3) is 20.9 Å². The molecule has 0 saturated heterocycles. The molecule has 1 amide bonds. The molecule has 0 aliphatic carbocycles. The Balaban J connectivity index is 1.31. The summed E-state index contributed by atoms with van der Waals surface area (Å²) >= 11 is 1.71. The maximum Gasteiger partial charge on any atom is 0.335 e. The van der Waals surface area contributed by atoms with Crippen LogP contribution in [0, 0.1) is 0 Å². The molecule has 0 saturated carbocycles. The van der Waals surface area contributed by atoms with Gasteiger partial charge in [-0.15, -0.1) is 11.3 Å². The average molecular weight is 452 g/mol. The van der Waals surface area contributed by atoms with E-state index in [4.69, 9.17) is 5.11 Å². The Bertz CT molecular complexity index is 1480. The number of hydrogen-bond donors (Lipinski definition) is 2. The topological polar surface area (TPSA) is 66.4 Å². The first-order chi connectivity index (χ1) is 16.0. The number of fused-ring (bicyclic) bond motifs is 2. The van der Waals surface area contributed by atoms with Crippen molar-refractivity contribution in [1.29, 1.82) is 0 Å². The lowest BCUT2D eigenvalue weighted by Crippen LogP contribution is -2.22. The van der Waals surface area contributed by atoms with Crippen LogP contribution in [0.2, 0.25) is 0 Å². The molecule has 0 aliphatic heterocycles. The number of rotatable bonds is 6. The number of carboxylic acids is 1. The van der Waals surface area contributed by atoms with Crippen LogP contribution in [0.15, 0.2) is 90.3 Å². The van der Waals surface area contributed by atoms with E-state index in [1.807, 2.05) is 36.4 Å². The Kier molecular flexibility index (Phi) is 5.63. The highest BCUT2D eigenvalue weighted by Gasteiger charge is 2.08. The van der Waals surface area contributed by atoms with E-state index in [2.05, 4.69) is 47.1 Å². The SMILES string of the molecule is O=C(O)c1ccc(Cc2ccc3ccc(C(=O)NCc4ccc5sccc5c4)cc3c2)cc1.